The van der Waals surface area contributed by atoms with E-state index in [4.69, 9.17) is 0 Å². The summed E-state index contributed by atoms with van der Waals surface area (Å²) in [5.41, 5.74) is 16.7. The lowest BCUT2D eigenvalue weighted by Crippen LogP contribution is -2.14. The number of nitrogens with one attached hydrogen (secondary N) is 1. The Bertz CT molecular complexity index is 3810. The summed E-state index contributed by atoms with van der Waals surface area (Å²) in [6.07, 6.45) is 8.35. The zero-order valence-electron chi connectivity index (χ0n) is 34.4. The van der Waals surface area contributed by atoms with Gasteiger partial charge in [0, 0.05) is 49.4 Å². The largest absolute Gasteiger partial charge is 0.381 e. The van der Waals surface area contributed by atoms with Gasteiger partial charge in [0.15, 0.2) is 0 Å². The Morgan fingerprint density at radius 2 is 0.841 bits per heavy atom. The van der Waals surface area contributed by atoms with Gasteiger partial charge in [0.1, 0.15) is 0 Å². The fraction of sp³-hybridized carbons (Fsp3) is 0.0169. The van der Waals surface area contributed by atoms with Crippen molar-refractivity contribution in [3.05, 3.63) is 236 Å². The monoisotopic (exact) mass is 804 g/mol. The molecule has 4 heteroatoms. The second kappa shape index (κ2) is 14.1. The standard InChI is InChI=1S/C59H40N4/c1-3-15-39(16-4-1)41-30-34-54-49(37-41)50-38-44(33-35-55(50)61(54)42-17-5-2-6-18-42)63-53-25-10-8-20-48(53)59-46(22-14-27-57(59)63)45-21-13-26-56-58(45)47-19-7-9-24-52(47)62(56)43-31-28-40(29-32-43)51-23-11-12-36-60-51/h1-38,51,60H. The van der Waals surface area contributed by atoms with Gasteiger partial charge in [-0.3, -0.25) is 0 Å². The number of allylic oxidation sites excluding steroid dienone is 2. The highest BCUT2D eigenvalue weighted by Crippen LogP contribution is 2.45. The summed E-state index contributed by atoms with van der Waals surface area (Å²) in [5.74, 6) is 0. The SMILES string of the molecule is C1=CNC(c2ccc(-n3c4ccccc4c4c(-c5cccc6c5c5ccccc5n6-c5ccc6c(c5)c5cc(-c7ccccc7)ccc5n6-c5ccccc5)cccc43)cc2)C=C1. The number of benzene rings is 9. The molecule has 0 fully saturated rings. The summed E-state index contributed by atoms with van der Waals surface area (Å²) >= 11 is 0. The van der Waals surface area contributed by atoms with Crippen LogP contribution in [0, 0.1) is 0 Å². The minimum Gasteiger partial charge on any atom is -0.381 e. The van der Waals surface area contributed by atoms with E-state index in [1.807, 2.05) is 12.3 Å². The topological polar surface area (TPSA) is 26.8 Å². The molecular formula is C59H40N4. The minimum absolute atomic E-state index is 0.167. The van der Waals surface area contributed by atoms with E-state index in [1.54, 1.807) is 0 Å². The van der Waals surface area contributed by atoms with Crippen molar-refractivity contribution in [2.75, 3.05) is 0 Å². The van der Waals surface area contributed by atoms with Crippen LogP contribution in [-0.2, 0) is 0 Å². The zero-order chi connectivity index (χ0) is 41.4. The summed E-state index contributed by atoms with van der Waals surface area (Å²) in [7, 11) is 0. The maximum atomic E-state index is 3.47. The molecule has 0 saturated heterocycles. The number of aromatic nitrogens is 3. The highest BCUT2D eigenvalue weighted by atomic mass is 15.0. The molecule has 9 aromatic carbocycles. The number of nitrogens with zero attached hydrogens (tertiary/aromatic N) is 3. The molecule has 0 spiro atoms. The normalized spacial score (nSPS) is 13.9. The van der Waals surface area contributed by atoms with Crippen LogP contribution in [-0.4, -0.2) is 13.7 Å². The second-order valence-electron chi connectivity index (χ2n) is 16.6. The van der Waals surface area contributed by atoms with E-state index in [0.717, 1.165) is 17.1 Å². The van der Waals surface area contributed by atoms with Gasteiger partial charge >= 0.3 is 0 Å². The molecule has 0 saturated carbocycles. The third kappa shape index (κ3) is 5.48. The van der Waals surface area contributed by atoms with E-state index < -0.39 is 0 Å². The lowest BCUT2D eigenvalue weighted by molar-refractivity contribution is 0.746. The molecule has 296 valence electrons. The number of rotatable bonds is 6. The number of fused-ring (bicyclic) bond motifs is 9. The van der Waals surface area contributed by atoms with Crippen molar-refractivity contribution in [3.8, 4) is 39.3 Å². The van der Waals surface area contributed by atoms with Gasteiger partial charge in [-0.05, 0) is 119 Å². The maximum absolute atomic E-state index is 3.47. The van der Waals surface area contributed by atoms with Crippen LogP contribution in [0.2, 0.25) is 0 Å². The Labute approximate surface area is 364 Å². The molecule has 12 aromatic rings. The summed E-state index contributed by atoms with van der Waals surface area (Å²) in [6, 6.07) is 75.9. The highest BCUT2D eigenvalue weighted by molar-refractivity contribution is 6.22. The van der Waals surface area contributed by atoms with Crippen molar-refractivity contribution in [1.82, 2.24) is 19.0 Å². The average Bonchev–Trinajstić information content (AvgIpc) is 4.00. The molecule has 0 radical (unpaired) electrons. The van der Waals surface area contributed by atoms with Gasteiger partial charge in [0.25, 0.3) is 0 Å². The van der Waals surface area contributed by atoms with Gasteiger partial charge in [-0.15, -0.1) is 0 Å². The van der Waals surface area contributed by atoms with Crippen LogP contribution in [0.3, 0.4) is 0 Å². The number of hydrogen-bond donors (Lipinski definition) is 1. The Morgan fingerprint density at radius 1 is 0.333 bits per heavy atom. The minimum atomic E-state index is 0.167. The smallest absolute Gasteiger partial charge is 0.0695 e. The van der Waals surface area contributed by atoms with Gasteiger partial charge in [0.2, 0.25) is 0 Å². The van der Waals surface area contributed by atoms with E-state index in [1.165, 1.54) is 93.2 Å². The molecule has 13 rings (SSSR count). The van der Waals surface area contributed by atoms with Crippen LogP contribution >= 0.6 is 0 Å². The molecule has 0 aliphatic carbocycles. The lowest BCUT2D eigenvalue weighted by Gasteiger charge is -2.17. The fourth-order valence-electron chi connectivity index (χ4n) is 10.3. The molecule has 4 nitrogen and oxygen atoms in total. The van der Waals surface area contributed by atoms with Crippen LogP contribution in [0.25, 0.3) is 105 Å². The first-order valence-electron chi connectivity index (χ1n) is 21.7. The van der Waals surface area contributed by atoms with Crippen molar-refractivity contribution in [1.29, 1.82) is 0 Å². The molecule has 3 aromatic heterocycles. The van der Waals surface area contributed by atoms with Crippen LogP contribution in [0.4, 0.5) is 0 Å². The first-order valence-corrected chi connectivity index (χ1v) is 21.7. The van der Waals surface area contributed by atoms with Crippen molar-refractivity contribution < 1.29 is 0 Å². The number of para-hydroxylation sites is 3. The molecule has 1 N–H and O–H groups in total. The number of dihydropyridines is 1. The summed E-state index contributed by atoms with van der Waals surface area (Å²) < 4.78 is 7.30. The van der Waals surface area contributed by atoms with E-state index >= 15 is 0 Å². The predicted octanol–water partition coefficient (Wildman–Crippen LogP) is 15.0. The number of hydrogen-bond acceptors (Lipinski definition) is 1. The van der Waals surface area contributed by atoms with Crippen LogP contribution in [0.1, 0.15) is 11.6 Å². The third-order valence-electron chi connectivity index (χ3n) is 13.1. The Morgan fingerprint density at radius 3 is 1.49 bits per heavy atom. The molecule has 63 heavy (non-hydrogen) atoms. The molecular weight excluding hydrogens is 765 g/mol. The quantitative estimate of drug-likeness (QED) is 0.178. The fourth-order valence-corrected chi connectivity index (χ4v) is 10.3. The van der Waals surface area contributed by atoms with Gasteiger partial charge in [0.05, 0.1) is 39.1 Å². The van der Waals surface area contributed by atoms with Crippen molar-refractivity contribution in [2.24, 2.45) is 0 Å². The van der Waals surface area contributed by atoms with Gasteiger partial charge in [-0.25, -0.2) is 0 Å². The van der Waals surface area contributed by atoms with Gasteiger partial charge < -0.3 is 19.0 Å². The van der Waals surface area contributed by atoms with E-state index in [2.05, 4.69) is 237 Å². The van der Waals surface area contributed by atoms with E-state index in [0.29, 0.717) is 0 Å². The third-order valence-corrected chi connectivity index (χ3v) is 13.1. The molecule has 1 atom stereocenters. The lowest BCUT2D eigenvalue weighted by atomic mass is 9.95. The van der Waals surface area contributed by atoms with Gasteiger partial charge in [-0.2, -0.15) is 0 Å². The molecule has 4 heterocycles. The molecule has 0 amide bonds. The Kier molecular flexibility index (Phi) is 7.94. The first-order chi connectivity index (χ1) is 31.3. The summed E-state index contributed by atoms with van der Waals surface area (Å²) in [5, 5.41) is 10.9. The van der Waals surface area contributed by atoms with Crippen molar-refractivity contribution in [3.63, 3.8) is 0 Å². The molecule has 0 bridgehead atoms. The second-order valence-corrected chi connectivity index (χ2v) is 16.6. The van der Waals surface area contributed by atoms with Crippen molar-refractivity contribution in [2.45, 2.75) is 6.04 Å². The van der Waals surface area contributed by atoms with E-state index in [9.17, 15) is 0 Å². The molecule has 1 aliphatic rings. The van der Waals surface area contributed by atoms with Crippen LogP contribution in [0.15, 0.2) is 231 Å². The van der Waals surface area contributed by atoms with Crippen LogP contribution in [0.5, 0.6) is 0 Å². The van der Waals surface area contributed by atoms with Crippen LogP contribution < -0.4 is 5.32 Å². The highest BCUT2D eigenvalue weighted by Gasteiger charge is 2.22. The van der Waals surface area contributed by atoms with Gasteiger partial charge in [-0.1, -0.05) is 140 Å². The Hall–Kier alpha value is -8.34. The summed E-state index contributed by atoms with van der Waals surface area (Å²) in [4.78, 5) is 0. The zero-order valence-corrected chi connectivity index (χ0v) is 34.4. The average molecular weight is 805 g/mol. The molecule has 1 unspecified atom stereocenters. The van der Waals surface area contributed by atoms with Crippen molar-refractivity contribution >= 4 is 65.4 Å². The summed E-state index contributed by atoms with van der Waals surface area (Å²) in [6.45, 7) is 0. The molecule has 1 aliphatic heterocycles. The maximum Gasteiger partial charge on any atom is 0.0695 e. The predicted molar refractivity (Wildman–Crippen MR) is 264 cm³/mol. The first kappa shape index (κ1) is 35.4. The Balaban J connectivity index is 1.03. The van der Waals surface area contributed by atoms with E-state index in [-0.39, 0.29) is 6.04 Å².